The molecule has 0 unspecified atom stereocenters. The topological polar surface area (TPSA) is 28.2 Å². The largest absolute Gasteiger partial charge is 0.315 e. The summed E-state index contributed by atoms with van der Waals surface area (Å²) in [6.07, 6.45) is 4.89. The van der Waals surface area contributed by atoms with Crippen molar-refractivity contribution in [2.45, 2.75) is 19.9 Å². The summed E-state index contributed by atoms with van der Waals surface area (Å²) in [5.41, 5.74) is 1.32. The fourth-order valence-corrected chi connectivity index (χ4v) is 1.45. The van der Waals surface area contributed by atoms with E-state index >= 15 is 0 Å². The average Bonchev–Trinajstić information content (AvgIpc) is 2.26. The van der Waals surface area contributed by atoms with E-state index in [-0.39, 0.29) is 0 Å². The Bertz CT molecular complexity index is 248. The Labute approximate surface area is 92.5 Å². The monoisotopic (exact) mass is 207 g/mol. The first kappa shape index (κ1) is 12.1. The van der Waals surface area contributed by atoms with Crippen molar-refractivity contribution in [1.82, 2.24) is 15.2 Å². The van der Waals surface area contributed by atoms with Crippen LogP contribution in [0.4, 0.5) is 0 Å². The maximum atomic E-state index is 4.01. The van der Waals surface area contributed by atoms with Gasteiger partial charge in [0, 0.05) is 32.0 Å². The zero-order valence-corrected chi connectivity index (χ0v) is 9.74. The molecule has 0 aliphatic heterocycles. The van der Waals surface area contributed by atoms with Gasteiger partial charge < -0.3 is 10.2 Å². The van der Waals surface area contributed by atoms with Crippen LogP contribution in [0.25, 0.3) is 0 Å². The number of hydrogen-bond acceptors (Lipinski definition) is 3. The van der Waals surface area contributed by atoms with Crippen molar-refractivity contribution in [1.29, 1.82) is 0 Å². The lowest BCUT2D eigenvalue weighted by atomic mass is 10.2. The van der Waals surface area contributed by atoms with E-state index in [0.29, 0.717) is 0 Å². The first-order valence-electron chi connectivity index (χ1n) is 5.61. The summed E-state index contributed by atoms with van der Waals surface area (Å²) in [6.45, 7) is 6.45. The molecule has 1 aromatic rings. The van der Waals surface area contributed by atoms with Crippen LogP contribution in [0.15, 0.2) is 24.5 Å². The second-order valence-corrected chi connectivity index (χ2v) is 3.84. The van der Waals surface area contributed by atoms with Crippen molar-refractivity contribution >= 4 is 0 Å². The van der Waals surface area contributed by atoms with Gasteiger partial charge in [0.25, 0.3) is 0 Å². The van der Waals surface area contributed by atoms with Crippen LogP contribution in [0.2, 0.25) is 0 Å². The highest BCUT2D eigenvalue weighted by atomic mass is 15.1. The van der Waals surface area contributed by atoms with Crippen LogP contribution >= 0.6 is 0 Å². The lowest BCUT2D eigenvalue weighted by molar-refractivity contribution is 0.324. The fraction of sp³-hybridized carbons (Fsp3) is 0.583. The van der Waals surface area contributed by atoms with Crippen molar-refractivity contribution in [2.24, 2.45) is 0 Å². The Kier molecular flexibility index (Phi) is 5.97. The lowest BCUT2D eigenvalue weighted by Crippen LogP contribution is -2.29. The van der Waals surface area contributed by atoms with Crippen molar-refractivity contribution in [3.8, 4) is 0 Å². The van der Waals surface area contributed by atoms with Gasteiger partial charge in [-0.1, -0.05) is 6.92 Å². The molecule has 0 aliphatic rings. The van der Waals surface area contributed by atoms with E-state index < -0.39 is 0 Å². The normalized spacial score (nSPS) is 10.9. The minimum atomic E-state index is 0.996. The average molecular weight is 207 g/mol. The lowest BCUT2D eigenvalue weighted by Gasteiger charge is -2.16. The van der Waals surface area contributed by atoms with Crippen LogP contribution in [0, 0.1) is 0 Å². The van der Waals surface area contributed by atoms with Crippen LogP contribution < -0.4 is 5.32 Å². The van der Waals surface area contributed by atoms with Crippen LogP contribution in [0.3, 0.4) is 0 Å². The van der Waals surface area contributed by atoms with E-state index in [2.05, 4.69) is 41.3 Å². The zero-order valence-electron chi connectivity index (χ0n) is 9.74. The molecule has 1 N–H and O–H groups in total. The van der Waals surface area contributed by atoms with Gasteiger partial charge in [0.15, 0.2) is 0 Å². The van der Waals surface area contributed by atoms with Gasteiger partial charge in [-0.2, -0.15) is 0 Å². The molecule has 0 aromatic carbocycles. The second-order valence-electron chi connectivity index (χ2n) is 3.84. The highest BCUT2D eigenvalue weighted by molar-refractivity contribution is 5.09. The fourth-order valence-electron chi connectivity index (χ4n) is 1.45. The summed E-state index contributed by atoms with van der Waals surface area (Å²) >= 11 is 0. The third-order valence-electron chi connectivity index (χ3n) is 2.30. The Hall–Kier alpha value is -0.930. The molecule has 0 fully saturated rings. The number of likely N-dealkylation sites (N-methyl/N-ethyl adjacent to an activating group) is 1. The van der Waals surface area contributed by atoms with E-state index in [1.165, 1.54) is 12.0 Å². The molecule has 0 saturated heterocycles. The molecule has 0 saturated carbocycles. The molecule has 15 heavy (non-hydrogen) atoms. The number of nitrogens with zero attached hydrogens (tertiary/aromatic N) is 2. The molecule has 0 atom stereocenters. The molecule has 3 heteroatoms. The maximum absolute atomic E-state index is 4.01. The van der Waals surface area contributed by atoms with Gasteiger partial charge in [0.2, 0.25) is 0 Å². The highest BCUT2D eigenvalue weighted by Gasteiger charge is 1.98. The van der Waals surface area contributed by atoms with Crippen LogP contribution in [-0.2, 0) is 6.54 Å². The molecule has 0 bridgehead atoms. The van der Waals surface area contributed by atoms with E-state index in [1.807, 2.05) is 12.4 Å². The Balaban J connectivity index is 2.16. The van der Waals surface area contributed by atoms with E-state index in [9.17, 15) is 0 Å². The van der Waals surface area contributed by atoms with E-state index in [4.69, 9.17) is 0 Å². The number of pyridine rings is 1. The molecule has 1 heterocycles. The molecule has 0 aliphatic carbocycles. The van der Waals surface area contributed by atoms with E-state index in [0.717, 1.165) is 26.2 Å². The Morgan fingerprint density at radius 2 is 2.00 bits per heavy atom. The van der Waals surface area contributed by atoms with Gasteiger partial charge >= 0.3 is 0 Å². The molecular formula is C12H21N3. The van der Waals surface area contributed by atoms with Crippen molar-refractivity contribution < 1.29 is 0 Å². The van der Waals surface area contributed by atoms with Crippen molar-refractivity contribution in [3.05, 3.63) is 30.1 Å². The SMILES string of the molecule is CCCNCCN(C)Cc1ccncc1. The van der Waals surface area contributed by atoms with Crippen molar-refractivity contribution in [2.75, 3.05) is 26.7 Å². The molecule has 1 rings (SSSR count). The quantitative estimate of drug-likeness (QED) is 0.687. The van der Waals surface area contributed by atoms with Gasteiger partial charge in [-0.25, -0.2) is 0 Å². The predicted octanol–water partition coefficient (Wildman–Crippen LogP) is 1.51. The van der Waals surface area contributed by atoms with Gasteiger partial charge in [0.05, 0.1) is 0 Å². The van der Waals surface area contributed by atoms with E-state index in [1.54, 1.807) is 0 Å². The van der Waals surface area contributed by atoms with Crippen LogP contribution in [0.1, 0.15) is 18.9 Å². The van der Waals surface area contributed by atoms with Gasteiger partial charge in [-0.15, -0.1) is 0 Å². The van der Waals surface area contributed by atoms with Crippen LogP contribution in [0.5, 0.6) is 0 Å². The minimum Gasteiger partial charge on any atom is -0.315 e. The third kappa shape index (κ3) is 5.50. The third-order valence-corrected chi connectivity index (χ3v) is 2.30. The molecule has 0 spiro atoms. The van der Waals surface area contributed by atoms with Crippen LogP contribution in [-0.4, -0.2) is 36.6 Å². The zero-order chi connectivity index (χ0) is 10.9. The highest BCUT2D eigenvalue weighted by Crippen LogP contribution is 1.99. The maximum Gasteiger partial charge on any atom is 0.0271 e. The molecule has 3 nitrogen and oxygen atoms in total. The van der Waals surface area contributed by atoms with Gasteiger partial charge in [-0.3, -0.25) is 4.98 Å². The number of aromatic nitrogens is 1. The summed E-state index contributed by atoms with van der Waals surface area (Å²) < 4.78 is 0. The second kappa shape index (κ2) is 7.37. The number of hydrogen-bond donors (Lipinski definition) is 1. The molecule has 0 radical (unpaired) electrons. The smallest absolute Gasteiger partial charge is 0.0271 e. The summed E-state index contributed by atoms with van der Waals surface area (Å²) in [7, 11) is 2.15. The summed E-state index contributed by atoms with van der Waals surface area (Å²) in [5, 5.41) is 3.40. The number of nitrogens with one attached hydrogen (secondary N) is 1. The summed E-state index contributed by atoms with van der Waals surface area (Å²) in [5.74, 6) is 0. The molecule has 0 amide bonds. The molecular weight excluding hydrogens is 186 g/mol. The van der Waals surface area contributed by atoms with Crippen molar-refractivity contribution in [3.63, 3.8) is 0 Å². The first-order chi connectivity index (χ1) is 7.33. The molecule has 84 valence electrons. The first-order valence-corrected chi connectivity index (χ1v) is 5.61. The van der Waals surface area contributed by atoms with Gasteiger partial charge in [0.1, 0.15) is 0 Å². The van der Waals surface area contributed by atoms with Gasteiger partial charge in [-0.05, 0) is 37.7 Å². The Morgan fingerprint density at radius 1 is 1.27 bits per heavy atom. The Morgan fingerprint density at radius 3 is 2.67 bits per heavy atom. The standard InChI is InChI=1S/C12H21N3/c1-3-6-13-9-10-15(2)11-12-4-7-14-8-5-12/h4-5,7-8,13H,3,6,9-11H2,1-2H3. The predicted molar refractivity (Wildman–Crippen MR) is 63.7 cm³/mol. The summed E-state index contributed by atoms with van der Waals surface area (Å²) in [6, 6.07) is 4.13. The molecule has 1 aromatic heterocycles. The summed E-state index contributed by atoms with van der Waals surface area (Å²) in [4.78, 5) is 6.33. The minimum absolute atomic E-state index is 0.996. The number of rotatable bonds is 7.